The molecule has 2 aliphatic carbocycles. The highest BCUT2D eigenvalue weighted by Gasteiger charge is 2.44. The minimum Gasteiger partial charge on any atom is -0.478 e. The standard InChI is InChI=1S/C35H31F3N2O6SSi/c1-48(2)24-15-18(39-11-3-12-39)5-7-20(24)27(21-8-6-19(16-25(21)48)40-13-4-14-40)28-29(35(44)45)30(36)32(38)34(31(28)37)47-17-26(43)46-33-22(41)9-10-23(33)42/h5-8,15-16,33H,3-4,9-14,17H2,1-2H3/p+1. The van der Waals surface area contributed by atoms with Gasteiger partial charge in [0.2, 0.25) is 6.10 Å². The van der Waals surface area contributed by atoms with E-state index < -0.39 is 76.9 Å². The number of thioether (sulfide) groups is 1. The molecule has 248 valence electrons. The van der Waals surface area contributed by atoms with Crippen LogP contribution in [0.3, 0.4) is 0 Å². The molecule has 1 saturated carbocycles. The van der Waals surface area contributed by atoms with Gasteiger partial charge in [-0.3, -0.25) is 14.4 Å². The van der Waals surface area contributed by atoms with Gasteiger partial charge in [0.15, 0.2) is 28.9 Å². The van der Waals surface area contributed by atoms with Crippen LogP contribution in [0.4, 0.5) is 18.9 Å². The minimum atomic E-state index is -2.53. The van der Waals surface area contributed by atoms with Crippen molar-refractivity contribution in [3.05, 3.63) is 81.3 Å². The normalized spacial score (nSPS) is 19.9. The molecule has 0 atom stereocenters. The monoisotopic (exact) mass is 693 g/mol. The summed E-state index contributed by atoms with van der Waals surface area (Å²) in [5, 5.41) is 12.1. The molecule has 0 unspecified atom stereocenters. The summed E-state index contributed by atoms with van der Waals surface area (Å²) in [6, 6.07) is 5.76. The van der Waals surface area contributed by atoms with E-state index in [0.29, 0.717) is 11.1 Å². The van der Waals surface area contributed by atoms with Crippen LogP contribution >= 0.6 is 11.8 Å². The van der Waals surface area contributed by atoms with Gasteiger partial charge in [-0.25, -0.2) is 22.5 Å². The first kappa shape index (κ1) is 32.3. The molecule has 0 aromatic heterocycles. The minimum absolute atomic E-state index is 0.0708. The molecule has 2 saturated heterocycles. The van der Waals surface area contributed by atoms with Gasteiger partial charge < -0.3 is 14.7 Å². The Morgan fingerprint density at radius 2 is 1.73 bits per heavy atom. The number of esters is 1. The maximum atomic E-state index is 16.8. The molecule has 3 fully saturated rings. The summed E-state index contributed by atoms with van der Waals surface area (Å²) in [4.78, 5) is 50.4. The van der Waals surface area contributed by atoms with Crippen LogP contribution in [0, 0.1) is 17.5 Å². The second-order valence-electron chi connectivity index (χ2n) is 13.1. The molecule has 3 heterocycles. The average molecular weight is 694 g/mol. The van der Waals surface area contributed by atoms with Crippen LogP contribution in [0.5, 0.6) is 0 Å². The van der Waals surface area contributed by atoms with Gasteiger partial charge in [0.05, 0.1) is 17.1 Å². The molecule has 0 bridgehead atoms. The Hall–Kier alpha value is -4.23. The topological polar surface area (TPSA) is 104 Å². The van der Waals surface area contributed by atoms with Gasteiger partial charge in [0, 0.05) is 49.3 Å². The molecule has 3 aliphatic heterocycles. The van der Waals surface area contributed by atoms with Gasteiger partial charge in [0.25, 0.3) is 0 Å². The molecule has 0 spiro atoms. The first-order valence-corrected chi connectivity index (χ1v) is 19.9. The number of carboxylic acids is 1. The second-order valence-corrected chi connectivity index (χ2v) is 18.4. The van der Waals surface area contributed by atoms with E-state index in [-0.39, 0.29) is 30.2 Å². The number of aromatic carboxylic acids is 1. The van der Waals surface area contributed by atoms with Crippen LogP contribution in [-0.4, -0.2) is 85.0 Å². The number of hydrogen-bond acceptors (Lipinski definition) is 7. The third-order valence-corrected chi connectivity index (χ3v) is 14.4. The molecular formula is C35H32F3N2O6SSi+. The molecule has 7 rings (SSSR count). The number of ketones is 2. The third kappa shape index (κ3) is 5.18. The zero-order chi connectivity index (χ0) is 34.1. The highest BCUT2D eigenvalue weighted by Crippen LogP contribution is 2.46. The van der Waals surface area contributed by atoms with Crippen molar-refractivity contribution < 1.29 is 46.8 Å². The number of fused-ring (bicyclic) bond motifs is 2. The number of ether oxygens (including phenoxy) is 1. The molecular weight excluding hydrogens is 662 g/mol. The Morgan fingerprint density at radius 3 is 2.33 bits per heavy atom. The summed E-state index contributed by atoms with van der Waals surface area (Å²) in [6.45, 7) is 7.90. The molecule has 2 aromatic rings. The Kier molecular flexibility index (Phi) is 8.10. The molecule has 8 nitrogen and oxygen atoms in total. The number of anilines is 1. The maximum Gasteiger partial charge on any atom is 0.339 e. The van der Waals surface area contributed by atoms with Crippen molar-refractivity contribution in [3.63, 3.8) is 0 Å². The van der Waals surface area contributed by atoms with Gasteiger partial charge in [-0.05, 0) is 51.7 Å². The molecule has 1 N–H and O–H groups in total. The predicted molar refractivity (Wildman–Crippen MR) is 176 cm³/mol. The molecule has 0 radical (unpaired) electrons. The second kappa shape index (κ2) is 12.0. The van der Waals surface area contributed by atoms with Crippen molar-refractivity contribution in [2.45, 2.75) is 49.8 Å². The highest BCUT2D eigenvalue weighted by molar-refractivity contribution is 8.00. The number of rotatable bonds is 7. The van der Waals surface area contributed by atoms with Gasteiger partial charge >= 0.3 is 11.9 Å². The number of Topliss-reactive ketones (excluding diaryl/α,β-unsaturated/α-hetero) is 2. The highest BCUT2D eigenvalue weighted by atomic mass is 32.2. The molecule has 5 aliphatic rings. The fourth-order valence-electron chi connectivity index (χ4n) is 6.95. The SMILES string of the molecule is C[Si]1(C)C2=CC(=[N+]3CCC3)C=CC2=C(c2c(F)c(SCC(=O)OC3C(=O)CCC3=O)c(F)c(F)c2C(=O)O)c2ccc(N3CCC3)cc21. The summed E-state index contributed by atoms with van der Waals surface area (Å²) >= 11 is 0.279. The zero-order valence-corrected chi connectivity index (χ0v) is 28.1. The van der Waals surface area contributed by atoms with Crippen molar-refractivity contribution in [3.8, 4) is 0 Å². The van der Waals surface area contributed by atoms with E-state index in [9.17, 15) is 24.3 Å². The summed E-state index contributed by atoms with van der Waals surface area (Å²) in [5.74, 6) is -9.68. The fourth-order valence-corrected chi connectivity index (χ4v) is 10.8. The van der Waals surface area contributed by atoms with Crippen LogP contribution in [0.25, 0.3) is 5.57 Å². The van der Waals surface area contributed by atoms with Crippen molar-refractivity contribution in [1.29, 1.82) is 0 Å². The lowest BCUT2D eigenvalue weighted by atomic mass is 9.86. The quantitative estimate of drug-likeness (QED) is 0.112. The Bertz CT molecular complexity index is 1960. The molecule has 0 amide bonds. The van der Waals surface area contributed by atoms with E-state index in [4.69, 9.17) is 4.74 Å². The smallest absolute Gasteiger partial charge is 0.339 e. The van der Waals surface area contributed by atoms with E-state index in [2.05, 4.69) is 34.7 Å². The number of carboxylic acid groups (broad SMARTS) is 1. The van der Waals surface area contributed by atoms with E-state index in [0.717, 1.165) is 60.8 Å². The number of hydrogen-bond donors (Lipinski definition) is 1. The largest absolute Gasteiger partial charge is 0.478 e. The van der Waals surface area contributed by atoms with Crippen molar-refractivity contribution in [1.82, 2.24) is 0 Å². The Labute approximate surface area is 279 Å². The third-order valence-electron chi connectivity index (χ3n) is 9.86. The molecule has 13 heteroatoms. The van der Waals surface area contributed by atoms with Crippen LogP contribution in [0.1, 0.15) is 47.2 Å². The van der Waals surface area contributed by atoms with E-state index in [1.165, 1.54) is 0 Å². The van der Waals surface area contributed by atoms with E-state index >= 15 is 13.2 Å². The zero-order valence-electron chi connectivity index (χ0n) is 26.3. The predicted octanol–water partition coefficient (Wildman–Crippen LogP) is 4.57. The first-order valence-electron chi connectivity index (χ1n) is 15.9. The number of nitrogens with zero attached hydrogens (tertiary/aromatic N) is 2. The van der Waals surface area contributed by atoms with E-state index in [1.54, 1.807) is 0 Å². The number of allylic oxidation sites excluding steroid dienone is 5. The Morgan fingerprint density at radius 1 is 1.02 bits per heavy atom. The molecule has 48 heavy (non-hydrogen) atoms. The lowest BCUT2D eigenvalue weighted by molar-refractivity contribution is -0.582. The van der Waals surface area contributed by atoms with Gasteiger partial charge in [-0.1, -0.05) is 19.2 Å². The molecule has 2 aromatic carbocycles. The summed E-state index contributed by atoms with van der Waals surface area (Å²) in [5.41, 5.74) is 1.44. The van der Waals surface area contributed by atoms with Gasteiger partial charge in [0.1, 0.15) is 32.5 Å². The van der Waals surface area contributed by atoms with E-state index in [1.807, 2.05) is 24.3 Å². The van der Waals surface area contributed by atoms with Crippen molar-refractivity contribution in [2.75, 3.05) is 36.8 Å². The van der Waals surface area contributed by atoms with Crippen LogP contribution in [0.15, 0.2) is 52.1 Å². The van der Waals surface area contributed by atoms with Gasteiger partial charge in [-0.15, -0.1) is 11.8 Å². The summed E-state index contributed by atoms with van der Waals surface area (Å²) in [7, 11) is -2.53. The van der Waals surface area contributed by atoms with Crippen LogP contribution in [-0.2, 0) is 19.1 Å². The lowest BCUT2D eigenvalue weighted by Crippen LogP contribution is -2.50. The Balaban J connectivity index is 1.40. The maximum absolute atomic E-state index is 16.8. The summed E-state index contributed by atoms with van der Waals surface area (Å²) < 4.78 is 55.4. The fraction of sp³-hybridized carbons (Fsp3) is 0.343. The van der Waals surface area contributed by atoms with Crippen LogP contribution < -0.4 is 10.1 Å². The number of carbonyl (C=O) groups excluding carboxylic acids is 3. The number of halogens is 3. The first-order chi connectivity index (χ1) is 22.9. The van der Waals surface area contributed by atoms with Gasteiger partial charge in [-0.2, -0.15) is 0 Å². The van der Waals surface area contributed by atoms with Crippen molar-refractivity contribution >= 4 is 65.5 Å². The average Bonchev–Trinajstić information content (AvgIpc) is 3.30. The van der Waals surface area contributed by atoms with Crippen molar-refractivity contribution in [2.24, 2.45) is 0 Å². The number of benzene rings is 2. The number of carbonyl (C=O) groups is 4. The summed E-state index contributed by atoms with van der Waals surface area (Å²) in [6.07, 6.45) is 6.16. The lowest BCUT2D eigenvalue weighted by Gasteiger charge is -2.40. The van der Waals surface area contributed by atoms with Crippen LogP contribution in [0.2, 0.25) is 13.1 Å².